The van der Waals surface area contributed by atoms with Crippen molar-refractivity contribution in [3.05, 3.63) is 65.2 Å². The maximum Gasteiger partial charge on any atom is 0.166 e. The van der Waals surface area contributed by atoms with Gasteiger partial charge in [0.2, 0.25) is 0 Å². The lowest BCUT2D eigenvalue weighted by molar-refractivity contribution is 0.0979. The molecule has 0 fully saturated rings. The standard InChI is InChI=1S/C15H13F2NO/c16-11-5-6-13(14(17)9-11)15(19)7-4-10-2-1-3-12(18)8-10/h1-3,5-6,8-9H,4,7,18H2. The predicted octanol–water partition coefficient (Wildman–Crippen LogP) is 3.36. The van der Waals surface area contributed by atoms with Crippen molar-refractivity contribution in [3.63, 3.8) is 0 Å². The predicted molar refractivity (Wildman–Crippen MR) is 69.9 cm³/mol. The van der Waals surface area contributed by atoms with Crippen molar-refractivity contribution in [1.29, 1.82) is 0 Å². The summed E-state index contributed by atoms with van der Waals surface area (Å²) in [6, 6.07) is 10.1. The Balaban J connectivity index is 2.05. The minimum Gasteiger partial charge on any atom is -0.399 e. The highest BCUT2D eigenvalue weighted by molar-refractivity contribution is 5.96. The molecule has 19 heavy (non-hydrogen) atoms. The fourth-order valence-corrected chi connectivity index (χ4v) is 1.86. The second-order valence-electron chi connectivity index (χ2n) is 4.29. The Labute approximate surface area is 109 Å². The van der Waals surface area contributed by atoms with Gasteiger partial charge in [0.05, 0.1) is 5.56 Å². The van der Waals surface area contributed by atoms with E-state index >= 15 is 0 Å². The van der Waals surface area contributed by atoms with E-state index in [9.17, 15) is 13.6 Å². The molecule has 0 unspecified atom stereocenters. The number of anilines is 1. The van der Waals surface area contributed by atoms with Gasteiger partial charge in [0.15, 0.2) is 5.78 Å². The summed E-state index contributed by atoms with van der Waals surface area (Å²) < 4.78 is 26.2. The number of hydrogen-bond donors (Lipinski definition) is 1. The lowest BCUT2D eigenvalue weighted by Crippen LogP contribution is -2.04. The van der Waals surface area contributed by atoms with Gasteiger partial charge in [0.25, 0.3) is 0 Å². The van der Waals surface area contributed by atoms with Crippen LogP contribution < -0.4 is 5.73 Å². The van der Waals surface area contributed by atoms with Crippen molar-refractivity contribution < 1.29 is 13.6 Å². The lowest BCUT2D eigenvalue weighted by Gasteiger charge is -2.04. The van der Waals surface area contributed by atoms with Crippen molar-refractivity contribution in [2.75, 3.05) is 5.73 Å². The number of Topliss-reactive ketones (excluding diaryl/α,β-unsaturated/α-hetero) is 1. The number of nitrogen functional groups attached to an aromatic ring is 1. The van der Waals surface area contributed by atoms with E-state index < -0.39 is 11.6 Å². The number of aryl methyl sites for hydroxylation is 1. The molecule has 0 saturated heterocycles. The zero-order chi connectivity index (χ0) is 13.8. The van der Waals surface area contributed by atoms with E-state index in [1.165, 1.54) is 6.07 Å². The molecule has 0 saturated carbocycles. The van der Waals surface area contributed by atoms with Gasteiger partial charge in [-0.1, -0.05) is 12.1 Å². The van der Waals surface area contributed by atoms with E-state index in [0.717, 1.165) is 11.6 Å². The van der Waals surface area contributed by atoms with Gasteiger partial charge in [-0.05, 0) is 36.2 Å². The molecule has 0 aromatic heterocycles. The molecule has 0 spiro atoms. The number of carbonyl (C=O) groups is 1. The van der Waals surface area contributed by atoms with Crippen LogP contribution >= 0.6 is 0 Å². The number of benzene rings is 2. The first-order valence-corrected chi connectivity index (χ1v) is 5.89. The van der Waals surface area contributed by atoms with Crippen LogP contribution in [-0.2, 0) is 6.42 Å². The molecule has 0 atom stereocenters. The van der Waals surface area contributed by atoms with Gasteiger partial charge in [-0.25, -0.2) is 8.78 Å². The minimum absolute atomic E-state index is 0.0784. The van der Waals surface area contributed by atoms with Gasteiger partial charge in [0.1, 0.15) is 11.6 Å². The van der Waals surface area contributed by atoms with E-state index in [-0.39, 0.29) is 17.8 Å². The van der Waals surface area contributed by atoms with E-state index in [1.54, 1.807) is 18.2 Å². The van der Waals surface area contributed by atoms with Crippen LogP contribution in [0, 0.1) is 11.6 Å². The molecule has 0 heterocycles. The molecule has 0 bridgehead atoms. The first kappa shape index (κ1) is 13.2. The minimum atomic E-state index is -0.822. The Hall–Kier alpha value is -2.23. The molecule has 4 heteroatoms. The average molecular weight is 261 g/mol. The molecule has 2 rings (SSSR count). The molecule has 0 amide bonds. The first-order valence-electron chi connectivity index (χ1n) is 5.89. The highest BCUT2D eigenvalue weighted by Crippen LogP contribution is 2.14. The summed E-state index contributed by atoms with van der Waals surface area (Å²) in [6.45, 7) is 0. The summed E-state index contributed by atoms with van der Waals surface area (Å²) in [5.41, 5.74) is 7.09. The molecule has 2 N–H and O–H groups in total. The second-order valence-corrected chi connectivity index (χ2v) is 4.29. The summed E-state index contributed by atoms with van der Waals surface area (Å²) in [4.78, 5) is 11.8. The van der Waals surface area contributed by atoms with Crippen LogP contribution in [0.2, 0.25) is 0 Å². The first-order chi connectivity index (χ1) is 9.06. The van der Waals surface area contributed by atoms with Crippen LogP contribution in [0.25, 0.3) is 0 Å². The van der Waals surface area contributed by atoms with Crippen molar-refractivity contribution in [2.24, 2.45) is 0 Å². The molecule has 0 aliphatic rings. The quantitative estimate of drug-likeness (QED) is 0.677. The second kappa shape index (κ2) is 5.61. The SMILES string of the molecule is Nc1cccc(CCC(=O)c2ccc(F)cc2F)c1. The highest BCUT2D eigenvalue weighted by Gasteiger charge is 2.12. The largest absolute Gasteiger partial charge is 0.399 e. The summed E-state index contributed by atoms with van der Waals surface area (Å²) >= 11 is 0. The fourth-order valence-electron chi connectivity index (χ4n) is 1.86. The van der Waals surface area contributed by atoms with Gasteiger partial charge < -0.3 is 5.73 Å². The van der Waals surface area contributed by atoms with Crippen LogP contribution in [0.4, 0.5) is 14.5 Å². The Morgan fingerprint density at radius 1 is 1.11 bits per heavy atom. The molecule has 2 nitrogen and oxygen atoms in total. The fraction of sp³-hybridized carbons (Fsp3) is 0.133. The molecule has 2 aromatic rings. The molecule has 2 aromatic carbocycles. The number of nitrogens with two attached hydrogens (primary N) is 1. The van der Waals surface area contributed by atoms with E-state index in [2.05, 4.69) is 0 Å². The van der Waals surface area contributed by atoms with E-state index in [1.807, 2.05) is 6.07 Å². The van der Waals surface area contributed by atoms with Gasteiger partial charge in [-0.2, -0.15) is 0 Å². The monoisotopic (exact) mass is 261 g/mol. The zero-order valence-corrected chi connectivity index (χ0v) is 10.2. The lowest BCUT2D eigenvalue weighted by atomic mass is 10.0. The maximum absolute atomic E-state index is 13.4. The zero-order valence-electron chi connectivity index (χ0n) is 10.2. The third-order valence-corrected chi connectivity index (χ3v) is 2.82. The average Bonchev–Trinajstić information content (AvgIpc) is 2.36. The Morgan fingerprint density at radius 2 is 1.89 bits per heavy atom. The van der Waals surface area contributed by atoms with E-state index in [0.29, 0.717) is 18.2 Å². The topological polar surface area (TPSA) is 43.1 Å². The number of halogens is 2. The summed E-state index contributed by atoms with van der Waals surface area (Å²) in [7, 11) is 0. The molecule has 0 radical (unpaired) electrons. The van der Waals surface area contributed by atoms with Crippen LogP contribution in [0.1, 0.15) is 22.3 Å². The normalized spacial score (nSPS) is 10.4. The molecule has 98 valence electrons. The Bertz CT molecular complexity index is 611. The Morgan fingerprint density at radius 3 is 2.58 bits per heavy atom. The van der Waals surface area contributed by atoms with Gasteiger partial charge in [-0.15, -0.1) is 0 Å². The molecular weight excluding hydrogens is 248 g/mol. The van der Waals surface area contributed by atoms with Gasteiger partial charge >= 0.3 is 0 Å². The Kier molecular flexibility index (Phi) is 3.90. The summed E-state index contributed by atoms with van der Waals surface area (Å²) in [5, 5.41) is 0. The smallest absolute Gasteiger partial charge is 0.166 e. The number of rotatable bonds is 4. The van der Waals surface area contributed by atoms with Gasteiger partial charge in [-0.3, -0.25) is 4.79 Å². The number of carbonyl (C=O) groups excluding carboxylic acids is 1. The molecule has 0 aliphatic carbocycles. The van der Waals surface area contributed by atoms with Crippen molar-refractivity contribution in [1.82, 2.24) is 0 Å². The van der Waals surface area contributed by atoms with Crippen molar-refractivity contribution >= 4 is 11.5 Å². The van der Waals surface area contributed by atoms with E-state index in [4.69, 9.17) is 5.73 Å². The van der Waals surface area contributed by atoms with Crippen LogP contribution in [0.5, 0.6) is 0 Å². The van der Waals surface area contributed by atoms with Crippen LogP contribution in [0.3, 0.4) is 0 Å². The summed E-state index contributed by atoms with van der Waals surface area (Å²) in [6.07, 6.45) is 0.632. The number of hydrogen-bond acceptors (Lipinski definition) is 2. The summed E-state index contributed by atoms with van der Waals surface area (Å²) in [5.74, 6) is -1.86. The maximum atomic E-state index is 13.4. The van der Waals surface area contributed by atoms with Crippen molar-refractivity contribution in [3.8, 4) is 0 Å². The van der Waals surface area contributed by atoms with Crippen LogP contribution in [0.15, 0.2) is 42.5 Å². The van der Waals surface area contributed by atoms with Crippen molar-refractivity contribution in [2.45, 2.75) is 12.8 Å². The molecule has 0 aliphatic heterocycles. The van der Waals surface area contributed by atoms with Gasteiger partial charge in [0, 0.05) is 18.2 Å². The van der Waals surface area contributed by atoms with Crippen LogP contribution in [-0.4, -0.2) is 5.78 Å². The molecular formula is C15H13F2NO. The third kappa shape index (κ3) is 3.37. The highest BCUT2D eigenvalue weighted by atomic mass is 19.1. The number of ketones is 1. The third-order valence-electron chi connectivity index (χ3n) is 2.82.